The first-order valence-corrected chi connectivity index (χ1v) is 8.43. The molecular formula is C19H17N3OS. The zero-order chi connectivity index (χ0) is 16.9. The number of hydrogen-bond acceptors (Lipinski definition) is 4. The van der Waals surface area contributed by atoms with Crippen molar-refractivity contribution in [3.8, 4) is 11.1 Å². The summed E-state index contributed by atoms with van der Waals surface area (Å²) in [7, 11) is 0. The highest BCUT2D eigenvalue weighted by Gasteiger charge is 2.14. The average molecular weight is 335 g/mol. The van der Waals surface area contributed by atoms with Gasteiger partial charge in [-0.3, -0.25) is 9.78 Å². The highest BCUT2D eigenvalue weighted by Crippen LogP contribution is 2.28. The molecule has 1 N–H and O–H groups in total. The number of benzene rings is 1. The fourth-order valence-corrected chi connectivity index (χ4v) is 3.07. The molecule has 0 aliphatic carbocycles. The molecular weight excluding hydrogens is 318 g/mol. The molecule has 1 amide bonds. The van der Waals surface area contributed by atoms with Crippen molar-refractivity contribution in [2.75, 3.05) is 0 Å². The van der Waals surface area contributed by atoms with Crippen molar-refractivity contribution in [1.82, 2.24) is 10.4 Å². The van der Waals surface area contributed by atoms with Gasteiger partial charge in [0.1, 0.15) is 4.88 Å². The molecule has 5 heteroatoms. The van der Waals surface area contributed by atoms with Gasteiger partial charge in [0, 0.05) is 11.8 Å². The number of carbonyl (C=O) groups excluding carboxylic acids is 1. The Labute approximate surface area is 144 Å². The van der Waals surface area contributed by atoms with E-state index in [0.29, 0.717) is 10.6 Å². The summed E-state index contributed by atoms with van der Waals surface area (Å²) in [5, 5.41) is 6.08. The van der Waals surface area contributed by atoms with Crippen LogP contribution in [0.4, 0.5) is 0 Å². The van der Waals surface area contributed by atoms with Crippen LogP contribution in [0.25, 0.3) is 11.1 Å². The Morgan fingerprint density at radius 3 is 2.62 bits per heavy atom. The third-order valence-electron chi connectivity index (χ3n) is 3.59. The number of nitrogens with one attached hydrogen (secondary N) is 1. The van der Waals surface area contributed by atoms with Gasteiger partial charge in [-0.1, -0.05) is 35.9 Å². The van der Waals surface area contributed by atoms with Crippen LogP contribution in [0.2, 0.25) is 0 Å². The Hall–Kier alpha value is -2.79. The van der Waals surface area contributed by atoms with Gasteiger partial charge in [-0.2, -0.15) is 5.10 Å². The maximum absolute atomic E-state index is 12.5. The van der Waals surface area contributed by atoms with E-state index in [4.69, 9.17) is 0 Å². The van der Waals surface area contributed by atoms with Gasteiger partial charge < -0.3 is 0 Å². The van der Waals surface area contributed by atoms with E-state index in [-0.39, 0.29) is 5.91 Å². The normalized spacial score (nSPS) is 11.3. The number of aromatic nitrogens is 1. The van der Waals surface area contributed by atoms with E-state index in [0.717, 1.165) is 16.8 Å². The predicted octanol–water partition coefficient (Wildman–Crippen LogP) is 4.27. The zero-order valence-corrected chi connectivity index (χ0v) is 14.3. The second-order valence-electron chi connectivity index (χ2n) is 5.38. The first-order valence-electron chi connectivity index (χ1n) is 7.56. The Morgan fingerprint density at radius 1 is 1.12 bits per heavy atom. The van der Waals surface area contributed by atoms with Gasteiger partial charge in [0.2, 0.25) is 0 Å². The summed E-state index contributed by atoms with van der Waals surface area (Å²) in [5.74, 6) is -0.212. The molecule has 0 atom stereocenters. The van der Waals surface area contributed by atoms with Crippen LogP contribution in [0.15, 0.2) is 65.2 Å². The van der Waals surface area contributed by atoms with Crippen LogP contribution in [0.5, 0.6) is 0 Å². The topological polar surface area (TPSA) is 54.4 Å². The minimum atomic E-state index is -0.212. The van der Waals surface area contributed by atoms with Gasteiger partial charge in [0.05, 0.1) is 11.4 Å². The van der Waals surface area contributed by atoms with Crippen LogP contribution in [0.1, 0.15) is 27.9 Å². The molecule has 120 valence electrons. The van der Waals surface area contributed by atoms with Gasteiger partial charge in [-0.05, 0) is 43.0 Å². The molecule has 0 bridgehead atoms. The monoisotopic (exact) mass is 335 g/mol. The maximum atomic E-state index is 12.5. The van der Waals surface area contributed by atoms with Gasteiger partial charge in [-0.15, -0.1) is 11.3 Å². The van der Waals surface area contributed by atoms with Crippen molar-refractivity contribution < 1.29 is 4.79 Å². The number of carbonyl (C=O) groups is 1. The van der Waals surface area contributed by atoms with Crippen LogP contribution in [-0.2, 0) is 0 Å². The SMILES string of the molecule is C/C(=N/NC(=O)c1sccc1-c1ccc(C)cc1)c1ccccn1. The van der Waals surface area contributed by atoms with Crippen molar-refractivity contribution in [2.45, 2.75) is 13.8 Å². The van der Waals surface area contributed by atoms with Crippen LogP contribution in [0.3, 0.4) is 0 Å². The Morgan fingerprint density at radius 2 is 1.92 bits per heavy atom. The molecule has 1 aromatic carbocycles. The lowest BCUT2D eigenvalue weighted by Crippen LogP contribution is -2.19. The number of pyridine rings is 1. The number of amides is 1. The number of thiophene rings is 1. The fourth-order valence-electron chi connectivity index (χ4n) is 2.26. The Balaban J connectivity index is 1.79. The molecule has 4 nitrogen and oxygen atoms in total. The van der Waals surface area contributed by atoms with Crippen LogP contribution in [0, 0.1) is 6.92 Å². The van der Waals surface area contributed by atoms with E-state index < -0.39 is 0 Å². The minimum absolute atomic E-state index is 0.212. The summed E-state index contributed by atoms with van der Waals surface area (Å²) < 4.78 is 0. The molecule has 2 heterocycles. The first-order chi connectivity index (χ1) is 11.6. The van der Waals surface area contributed by atoms with E-state index >= 15 is 0 Å². The molecule has 0 aliphatic heterocycles. The van der Waals surface area contributed by atoms with Gasteiger partial charge in [0.25, 0.3) is 5.91 Å². The van der Waals surface area contributed by atoms with E-state index in [2.05, 4.69) is 15.5 Å². The fraction of sp³-hybridized carbons (Fsp3) is 0.105. The first kappa shape index (κ1) is 16.1. The van der Waals surface area contributed by atoms with Gasteiger partial charge in [-0.25, -0.2) is 5.43 Å². The molecule has 3 aromatic rings. The molecule has 3 rings (SSSR count). The average Bonchev–Trinajstić information content (AvgIpc) is 3.10. The standard InChI is InChI=1S/C19H17N3OS/c1-13-6-8-15(9-7-13)16-10-12-24-18(16)19(23)22-21-14(2)17-5-3-4-11-20-17/h3-12H,1-2H3,(H,22,23)/b21-14-. The minimum Gasteiger partial charge on any atom is -0.266 e. The summed E-state index contributed by atoms with van der Waals surface area (Å²) in [6, 6.07) is 15.7. The maximum Gasteiger partial charge on any atom is 0.282 e. The second-order valence-corrected chi connectivity index (χ2v) is 6.30. The van der Waals surface area contributed by atoms with E-state index in [1.54, 1.807) is 6.20 Å². The zero-order valence-electron chi connectivity index (χ0n) is 13.5. The van der Waals surface area contributed by atoms with Crippen LogP contribution < -0.4 is 5.43 Å². The molecule has 2 aromatic heterocycles. The summed E-state index contributed by atoms with van der Waals surface area (Å²) in [6.07, 6.45) is 1.70. The summed E-state index contributed by atoms with van der Waals surface area (Å²) in [6.45, 7) is 3.86. The molecule has 0 saturated heterocycles. The Bertz CT molecular complexity index is 867. The van der Waals surface area contributed by atoms with E-state index in [1.807, 2.05) is 67.8 Å². The van der Waals surface area contributed by atoms with Crippen molar-refractivity contribution in [2.24, 2.45) is 5.10 Å². The van der Waals surface area contributed by atoms with E-state index in [9.17, 15) is 4.79 Å². The second kappa shape index (κ2) is 7.19. The molecule has 0 radical (unpaired) electrons. The quantitative estimate of drug-likeness (QED) is 0.572. The molecule has 0 saturated carbocycles. The molecule has 24 heavy (non-hydrogen) atoms. The number of hydrazone groups is 1. The van der Waals surface area contributed by atoms with Crippen LogP contribution in [-0.4, -0.2) is 16.6 Å². The molecule has 0 unspecified atom stereocenters. The van der Waals surface area contributed by atoms with E-state index in [1.165, 1.54) is 16.9 Å². The molecule has 0 spiro atoms. The van der Waals surface area contributed by atoms with Crippen LogP contribution >= 0.6 is 11.3 Å². The predicted molar refractivity (Wildman–Crippen MR) is 98.4 cm³/mol. The summed E-state index contributed by atoms with van der Waals surface area (Å²) in [4.78, 5) is 17.3. The third-order valence-corrected chi connectivity index (χ3v) is 4.51. The summed E-state index contributed by atoms with van der Waals surface area (Å²) >= 11 is 1.41. The lowest BCUT2D eigenvalue weighted by molar-refractivity contribution is 0.0959. The largest absolute Gasteiger partial charge is 0.282 e. The van der Waals surface area contributed by atoms with Gasteiger partial charge in [0.15, 0.2) is 0 Å². The lowest BCUT2D eigenvalue weighted by atomic mass is 10.1. The molecule has 0 aliphatic rings. The molecule has 0 fully saturated rings. The lowest BCUT2D eigenvalue weighted by Gasteiger charge is -2.05. The van der Waals surface area contributed by atoms with Crippen molar-refractivity contribution in [1.29, 1.82) is 0 Å². The number of hydrogen-bond donors (Lipinski definition) is 1. The summed E-state index contributed by atoms with van der Waals surface area (Å²) in [5.41, 5.74) is 7.16. The Kier molecular flexibility index (Phi) is 4.82. The highest BCUT2D eigenvalue weighted by molar-refractivity contribution is 7.12. The van der Waals surface area contributed by atoms with Gasteiger partial charge >= 0.3 is 0 Å². The smallest absolute Gasteiger partial charge is 0.266 e. The highest BCUT2D eigenvalue weighted by atomic mass is 32.1. The third kappa shape index (κ3) is 3.58. The number of nitrogens with zero attached hydrogens (tertiary/aromatic N) is 2. The van der Waals surface area contributed by atoms with Crippen molar-refractivity contribution in [3.05, 3.63) is 76.2 Å². The van der Waals surface area contributed by atoms with Crippen molar-refractivity contribution in [3.63, 3.8) is 0 Å². The number of aryl methyl sites for hydroxylation is 1. The van der Waals surface area contributed by atoms with Crippen molar-refractivity contribution >= 4 is 23.0 Å². The number of rotatable bonds is 4.